The Bertz CT molecular complexity index is 1530. The van der Waals surface area contributed by atoms with Gasteiger partial charge < -0.3 is 20.4 Å². The van der Waals surface area contributed by atoms with Crippen LogP contribution in [0.3, 0.4) is 0 Å². The van der Waals surface area contributed by atoms with E-state index in [-0.39, 0.29) is 51.0 Å². The number of benzene rings is 1. The van der Waals surface area contributed by atoms with Crippen LogP contribution >= 0.6 is 0 Å². The Hall–Kier alpha value is -3.56. The number of halogens is 3. The third kappa shape index (κ3) is 5.14. The molecule has 0 atom stereocenters. The number of nitrogens with zero attached hydrogens (tertiary/aromatic N) is 3. The van der Waals surface area contributed by atoms with Crippen LogP contribution in [-0.2, 0) is 14.8 Å². The molecule has 37 heavy (non-hydrogen) atoms. The number of aryl methyl sites for hydroxylation is 1. The second kappa shape index (κ2) is 9.08. The summed E-state index contributed by atoms with van der Waals surface area (Å²) < 4.78 is 89.6. The molecule has 6 rings (SSSR count). The zero-order valence-electron chi connectivity index (χ0n) is 21.8. The molecule has 0 unspecified atom stereocenters. The molecular weight excluding hydrogens is 519 g/mol. The first-order chi connectivity index (χ1) is 18.4. The molecule has 0 aliphatic heterocycles. The highest BCUT2D eigenvalue weighted by Crippen LogP contribution is 2.67. The first kappa shape index (κ1) is 22.6. The van der Waals surface area contributed by atoms with E-state index >= 15 is 0 Å². The molecule has 1 aromatic carbocycles. The van der Waals surface area contributed by atoms with Gasteiger partial charge in [0, 0.05) is 21.8 Å². The van der Waals surface area contributed by atoms with E-state index in [1.54, 1.807) is 0 Å². The van der Waals surface area contributed by atoms with Gasteiger partial charge in [0.25, 0.3) is 0 Å². The number of alkyl halides is 3. The number of anilines is 1. The van der Waals surface area contributed by atoms with Gasteiger partial charge in [0.05, 0.1) is 23.0 Å². The minimum atomic E-state index is -5.08. The molecular formula is C22H22F3N5O6S. The van der Waals surface area contributed by atoms with Gasteiger partial charge in [-0.1, -0.05) is 6.07 Å². The van der Waals surface area contributed by atoms with Crippen LogP contribution in [0.5, 0.6) is 0 Å². The highest BCUT2D eigenvalue weighted by molar-refractivity contribution is 7.89. The van der Waals surface area contributed by atoms with Gasteiger partial charge in [0.2, 0.25) is 10.0 Å². The summed E-state index contributed by atoms with van der Waals surface area (Å²) in [5, 5.41) is 16.6. The van der Waals surface area contributed by atoms with Crippen molar-refractivity contribution in [2.24, 2.45) is 5.41 Å². The van der Waals surface area contributed by atoms with E-state index < -0.39 is 34.6 Å². The van der Waals surface area contributed by atoms with Gasteiger partial charge >= 0.3 is 12.1 Å². The molecule has 0 saturated heterocycles. The molecule has 3 aliphatic carbocycles. The summed E-state index contributed by atoms with van der Waals surface area (Å²) >= 11 is 0. The van der Waals surface area contributed by atoms with Gasteiger partial charge in [-0.2, -0.15) is 13.2 Å². The second-order valence-electron chi connectivity index (χ2n) is 8.94. The number of aliphatic hydroxyl groups is 1. The van der Waals surface area contributed by atoms with Gasteiger partial charge in [-0.3, -0.25) is 0 Å². The number of aliphatic hydroxyl groups excluding tert-OH is 1. The third-order valence-electron chi connectivity index (χ3n) is 6.11. The Morgan fingerprint density at radius 2 is 1.97 bits per heavy atom. The number of nitrogens with one attached hydrogen (secondary N) is 1. The lowest BCUT2D eigenvalue weighted by Gasteiger charge is -2.69. The van der Waals surface area contributed by atoms with Crippen LogP contribution in [0.2, 0.25) is 0 Å². The summed E-state index contributed by atoms with van der Waals surface area (Å²) in [7, 11) is -3.95. The van der Waals surface area contributed by atoms with E-state index in [4.69, 9.17) is 24.2 Å². The molecule has 3 saturated carbocycles. The molecule has 11 nitrogen and oxygen atoms in total. The number of oxazole rings is 1. The molecule has 2 aromatic heterocycles. The Morgan fingerprint density at radius 3 is 2.51 bits per heavy atom. The predicted molar refractivity (Wildman–Crippen MR) is 122 cm³/mol. The molecule has 0 spiro atoms. The van der Waals surface area contributed by atoms with E-state index in [0.29, 0.717) is 19.3 Å². The Morgan fingerprint density at radius 1 is 1.30 bits per heavy atom. The third-order valence-corrected chi connectivity index (χ3v) is 7.69. The Balaban J connectivity index is 0.000000470. The minimum Gasteiger partial charge on any atom is -0.475 e. The van der Waals surface area contributed by atoms with E-state index in [9.17, 15) is 26.7 Å². The summed E-state index contributed by atoms with van der Waals surface area (Å²) in [6.07, 6.45) is 0.541. The lowest BCUT2D eigenvalue weighted by atomic mass is 9.40. The molecule has 3 aliphatic rings. The number of sulfonamides is 1. The SMILES string of the molecule is O=C(O)C(F)(F)F.[2H]C([2H])([2H])c1ccc(S(=O)(=O)NC23CC(CO)(C2)C3)cc1-c1cnc(N)c(-c2cnco2)n1. The molecule has 3 aromatic rings. The van der Waals surface area contributed by atoms with Crippen LogP contribution in [-0.4, -0.2) is 57.9 Å². The summed E-state index contributed by atoms with van der Waals surface area (Å²) in [5.74, 6) is -2.46. The molecule has 5 N–H and O–H groups in total. The lowest BCUT2D eigenvalue weighted by molar-refractivity contribution is -0.192. The summed E-state index contributed by atoms with van der Waals surface area (Å²) in [4.78, 5) is 21.1. The molecule has 3 fully saturated rings. The van der Waals surface area contributed by atoms with Crippen molar-refractivity contribution in [3.8, 4) is 22.7 Å². The normalized spacial score (nSPS) is 23.8. The van der Waals surface area contributed by atoms with Crippen molar-refractivity contribution in [3.63, 3.8) is 0 Å². The van der Waals surface area contributed by atoms with Crippen LogP contribution < -0.4 is 10.5 Å². The van der Waals surface area contributed by atoms with Crippen molar-refractivity contribution in [2.45, 2.75) is 42.7 Å². The van der Waals surface area contributed by atoms with Crippen molar-refractivity contribution in [1.29, 1.82) is 0 Å². The van der Waals surface area contributed by atoms with Crippen molar-refractivity contribution in [1.82, 2.24) is 19.7 Å². The lowest BCUT2D eigenvalue weighted by Crippen LogP contribution is -2.75. The number of rotatable bonds is 6. The summed E-state index contributed by atoms with van der Waals surface area (Å²) in [5.41, 5.74) is 5.49. The molecule has 198 valence electrons. The van der Waals surface area contributed by atoms with E-state index in [0.717, 1.165) is 0 Å². The maximum Gasteiger partial charge on any atom is 0.490 e. The van der Waals surface area contributed by atoms with Gasteiger partial charge in [0.1, 0.15) is 0 Å². The zero-order valence-corrected chi connectivity index (χ0v) is 19.6. The number of aliphatic carboxylic acids is 1. The number of hydrogen-bond donors (Lipinski definition) is 4. The van der Waals surface area contributed by atoms with Crippen LogP contribution in [0.1, 0.15) is 28.9 Å². The van der Waals surface area contributed by atoms with E-state index in [2.05, 4.69) is 19.7 Å². The van der Waals surface area contributed by atoms with Crippen molar-refractivity contribution >= 4 is 21.8 Å². The quantitative estimate of drug-likeness (QED) is 0.360. The van der Waals surface area contributed by atoms with Crippen molar-refractivity contribution in [2.75, 3.05) is 12.3 Å². The van der Waals surface area contributed by atoms with Crippen molar-refractivity contribution in [3.05, 3.63) is 42.5 Å². The standard InChI is InChI=1S/C20H21N5O4S.C2HF3O2/c1-12-2-3-13(30(27,28)25-20-7-19(8-20,9-20)10-26)4-14(12)15-5-23-18(21)17(24-15)16-6-22-11-29-16;3-2(4,5)1(6)7/h2-6,11,25-26H,7-10H2,1H3,(H2,21,23);(H,6,7)/i1D3;. The highest BCUT2D eigenvalue weighted by Gasteiger charge is 2.68. The molecule has 2 bridgehead atoms. The average Bonchev–Trinajstić information content (AvgIpc) is 3.34. The predicted octanol–water partition coefficient (Wildman–Crippen LogP) is 2.52. The Kier molecular flexibility index (Phi) is 5.55. The highest BCUT2D eigenvalue weighted by atomic mass is 32.2. The monoisotopic (exact) mass is 544 g/mol. The number of aromatic nitrogens is 3. The molecule has 0 amide bonds. The van der Waals surface area contributed by atoms with Crippen LogP contribution in [0.25, 0.3) is 22.7 Å². The number of carbonyl (C=O) groups is 1. The van der Waals surface area contributed by atoms with Crippen LogP contribution in [0, 0.1) is 12.3 Å². The van der Waals surface area contributed by atoms with Gasteiger partial charge in [-0.15, -0.1) is 0 Å². The maximum atomic E-state index is 13.1. The topological polar surface area (TPSA) is 182 Å². The van der Waals surface area contributed by atoms with Gasteiger partial charge in [-0.05, 0) is 49.2 Å². The first-order valence-electron chi connectivity index (χ1n) is 12.0. The summed E-state index contributed by atoms with van der Waals surface area (Å²) in [6.45, 7) is -2.49. The van der Waals surface area contributed by atoms with Crippen LogP contribution in [0.4, 0.5) is 19.0 Å². The molecule has 0 radical (unpaired) electrons. The van der Waals surface area contributed by atoms with Crippen molar-refractivity contribution < 1.29 is 45.1 Å². The average molecular weight is 545 g/mol. The minimum absolute atomic E-state index is 0.0389. The number of nitrogen functional groups attached to an aromatic ring is 1. The van der Waals surface area contributed by atoms with Gasteiger partial charge in [-0.25, -0.2) is 32.9 Å². The van der Waals surface area contributed by atoms with Gasteiger partial charge in [0.15, 0.2) is 23.7 Å². The Labute approximate surface area is 212 Å². The molecule has 15 heteroatoms. The number of nitrogens with two attached hydrogens (primary N) is 1. The van der Waals surface area contributed by atoms with Crippen LogP contribution in [0.15, 0.2) is 46.3 Å². The smallest absolute Gasteiger partial charge is 0.475 e. The fourth-order valence-corrected chi connectivity index (χ4v) is 5.99. The van der Waals surface area contributed by atoms with E-state index in [1.165, 1.54) is 37.0 Å². The second-order valence-corrected chi connectivity index (χ2v) is 10.6. The number of carboxylic acid groups (broad SMARTS) is 1. The molecule has 2 heterocycles. The number of hydrogen-bond acceptors (Lipinski definition) is 9. The largest absolute Gasteiger partial charge is 0.490 e. The fourth-order valence-electron chi connectivity index (χ4n) is 4.56. The maximum absolute atomic E-state index is 13.1. The fraction of sp³-hybridized carbons (Fsp3) is 0.364. The number of carboxylic acids is 1. The first-order valence-corrected chi connectivity index (χ1v) is 12.0. The summed E-state index contributed by atoms with van der Waals surface area (Å²) in [6, 6.07) is 3.81. The zero-order chi connectivity index (χ0) is 29.7. The van der Waals surface area contributed by atoms with E-state index in [1.807, 2.05) is 0 Å².